The number of carbonyl (C=O) groups is 1. The SMILES string of the molecule is O=C(O)c1cc2c(cc1Br)OCCO2. The number of hydrogen-bond donors (Lipinski definition) is 1. The van der Waals surface area contributed by atoms with E-state index in [0.29, 0.717) is 29.2 Å². The highest BCUT2D eigenvalue weighted by atomic mass is 79.9. The number of carboxylic acid groups (broad SMARTS) is 1. The van der Waals surface area contributed by atoms with E-state index in [-0.39, 0.29) is 5.56 Å². The van der Waals surface area contributed by atoms with Crippen molar-refractivity contribution in [3.63, 3.8) is 0 Å². The Kier molecular flexibility index (Phi) is 2.33. The van der Waals surface area contributed by atoms with Gasteiger partial charge in [-0.2, -0.15) is 0 Å². The first-order valence-corrected chi connectivity index (χ1v) is 4.80. The van der Waals surface area contributed by atoms with Crippen LogP contribution in [0, 0.1) is 0 Å². The van der Waals surface area contributed by atoms with Crippen LogP contribution < -0.4 is 9.47 Å². The summed E-state index contributed by atoms with van der Waals surface area (Å²) >= 11 is 3.16. The van der Waals surface area contributed by atoms with Crippen LogP contribution >= 0.6 is 15.9 Å². The molecule has 14 heavy (non-hydrogen) atoms. The number of fused-ring (bicyclic) bond motifs is 1. The number of rotatable bonds is 1. The van der Waals surface area contributed by atoms with Gasteiger partial charge in [0.1, 0.15) is 13.2 Å². The number of aromatic carboxylic acids is 1. The number of benzene rings is 1. The quantitative estimate of drug-likeness (QED) is 0.837. The Hall–Kier alpha value is -1.23. The molecule has 1 aliphatic rings. The first-order chi connectivity index (χ1) is 6.68. The maximum Gasteiger partial charge on any atom is 0.336 e. The van der Waals surface area contributed by atoms with Gasteiger partial charge in [0.15, 0.2) is 11.5 Å². The van der Waals surface area contributed by atoms with Gasteiger partial charge in [-0.15, -0.1) is 0 Å². The zero-order valence-corrected chi connectivity index (χ0v) is 8.70. The van der Waals surface area contributed by atoms with E-state index in [2.05, 4.69) is 15.9 Å². The largest absolute Gasteiger partial charge is 0.486 e. The lowest BCUT2D eigenvalue weighted by Crippen LogP contribution is -2.16. The molecule has 74 valence electrons. The third kappa shape index (κ3) is 1.55. The molecular formula is C9H7BrO4. The molecule has 0 spiro atoms. The fraction of sp³-hybridized carbons (Fsp3) is 0.222. The zero-order chi connectivity index (χ0) is 10.1. The predicted octanol–water partition coefficient (Wildman–Crippen LogP) is 1.92. The molecule has 0 saturated heterocycles. The van der Waals surface area contributed by atoms with Gasteiger partial charge in [-0.05, 0) is 28.1 Å². The first kappa shape index (κ1) is 9.33. The van der Waals surface area contributed by atoms with Crippen LogP contribution in [0.3, 0.4) is 0 Å². The third-order valence-electron chi connectivity index (χ3n) is 1.86. The topological polar surface area (TPSA) is 55.8 Å². The van der Waals surface area contributed by atoms with Crippen molar-refractivity contribution < 1.29 is 19.4 Å². The van der Waals surface area contributed by atoms with Gasteiger partial charge < -0.3 is 14.6 Å². The molecule has 1 N–H and O–H groups in total. The van der Waals surface area contributed by atoms with Crippen molar-refractivity contribution in [2.45, 2.75) is 0 Å². The normalized spacial score (nSPS) is 13.8. The molecule has 0 aromatic heterocycles. The summed E-state index contributed by atoms with van der Waals surface area (Å²) in [6.07, 6.45) is 0. The Balaban J connectivity index is 2.50. The molecule has 0 atom stereocenters. The molecular weight excluding hydrogens is 252 g/mol. The Morgan fingerprint density at radius 3 is 2.43 bits per heavy atom. The van der Waals surface area contributed by atoms with Crippen molar-refractivity contribution >= 4 is 21.9 Å². The highest BCUT2D eigenvalue weighted by molar-refractivity contribution is 9.10. The van der Waals surface area contributed by atoms with Crippen LogP contribution in [0.2, 0.25) is 0 Å². The maximum atomic E-state index is 10.8. The second-order valence-corrected chi connectivity index (χ2v) is 3.64. The first-order valence-electron chi connectivity index (χ1n) is 4.01. The lowest BCUT2D eigenvalue weighted by Gasteiger charge is -2.18. The summed E-state index contributed by atoms with van der Waals surface area (Å²) in [5.74, 6) is 0.0684. The number of halogens is 1. The van der Waals surface area contributed by atoms with Crippen molar-refractivity contribution in [3.05, 3.63) is 22.2 Å². The molecule has 0 aliphatic carbocycles. The Bertz CT molecular complexity index is 389. The highest BCUT2D eigenvalue weighted by Crippen LogP contribution is 2.35. The molecule has 0 amide bonds. The Morgan fingerprint density at radius 2 is 1.86 bits per heavy atom. The van der Waals surface area contributed by atoms with Gasteiger partial charge in [-0.1, -0.05) is 0 Å². The average Bonchev–Trinajstić information content (AvgIpc) is 2.16. The predicted molar refractivity (Wildman–Crippen MR) is 52.1 cm³/mol. The van der Waals surface area contributed by atoms with Gasteiger partial charge in [-0.3, -0.25) is 0 Å². The van der Waals surface area contributed by atoms with Gasteiger partial charge in [0, 0.05) is 4.47 Å². The third-order valence-corrected chi connectivity index (χ3v) is 2.52. The lowest BCUT2D eigenvalue weighted by atomic mass is 10.2. The minimum atomic E-state index is -0.992. The Labute approximate surface area is 88.6 Å². The number of carboxylic acids is 1. The fourth-order valence-electron chi connectivity index (χ4n) is 1.23. The highest BCUT2D eigenvalue weighted by Gasteiger charge is 2.17. The molecule has 5 heteroatoms. The average molecular weight is 259 g/mol. The van der Waals surface area contributed by atoms with Crippen LogP contribution in [-0.4, -0.2) is 24.3 Å². The molecule has 0 saturated carbocycles. The Morgan fingerprint density at radius 1 is 1.29 bits per heavy atom. The van der Waals surface area contributed by atoms with Gasteiger partial charge in [0.05, 0.1) is 5.56 Å². The van der Waals surface area contributed by atoms with E-state index in [4.69, 9.17) is 14.6 Å². The molecule has 1 aromatic rings. The van der Waals surface area contributed by atoms with Gasteiger partial charge in [0.25, 0.3) is 0 Å². The van der Waals surface area contributed by atoms with Gasteiger partial charge in [-0.25, -0.2) is 4.79 Å². The van der Waals surface area contributed by atoms with Crippen LogP contribution in [0.1, 0.15) is 10.4 Å². The minimum Gasteiger partial charge on any atom is -0.486 e. The van der Waals surface area contributed by atoms with Crippen molar-refractivity contribution in [1.82, 2.24) is 0 Å². The van der Waals surface area contributed by atoms with E-state index in [0.717, 1.165) is 0 Å². The summed E-state index contributed by atoms with van der Waals surface area (Å²) in [5, 5.41) is 8.84. The molecule has 4 nitrogen and oxygen atoms in total. The second-order valence-electron chi connectivity index (χ2n) is 2.78. The van der Waals surface area contributed by atoms with E-state index in [1.807, 2.05) is 0 Å². The molecule has 1 heterocycles. The van der Waals surface area contributed by atoms with Crippen LogP contribution in [0.5, 0.6) is 11.5 Å². The van der Waals surface area contributed by atoms with E-state index in [9.17, 15) is 4.79 Å². The minimum absolute atomic E-state index is 0.175. The summed E-state index contributed by atoms with van der Waals surface area (Å²) in [4.78, 5) is 10.8. The van der Waals surface area contributed by atoms with E-state index in [1.54, 1.807) is 6.07 Å². The molecule has 0 unspecified atom stereocenters. The lowest BCUT2D eigenvalue weighted by molar-refractivity contribution is 0.0694. The summed E-state index contributed by atoms with van der Waals surface area (Å²) < 4.78 is 11.0. The number of hydrogen-bond acceptors (Lipinski definition) is 3. The van der Waals surface area contributed by atoms with Crippen LogP contribution in [0.4, 0.5) is 0 Å². The van der Waals surface area contributed by atoms with Crippen molar-refractivity contribution in [1.29, 1.82) is 0 Å². The van der Waals surface area contributed by atoms with Crippen LogP contribution in [0.25, 0.3) is 0 Å². The van der Waals surface area contributed by atoms with Gasteiger partial charge in [0.2, 0.25) is 0 Å². The van der Waals surface area contributed by atoms with E-state index < -0.39 is 5.97 Å². The molecule has 2 rings (SSSR count). The summed E-state index contributed by atoms with van der Waals surface area (Å²) in [5.41, 5.74) is 0.175. The molecule has 1 aliphatic heterocycles. The van der Waals surface area contributed by atoms with Crippen molar-refractivity contribution in [3.8, 4) is 11.5 Å². The smallest absolute Gasteiger partial charge is 0.336 e. The molecule has 1 aromatic carbocycles. The van der Waals surface area contributed by atoms with Crippen LogP contribution in [0.15, 0.2) is 16.6 Å². The maximum absolute atomic E-state index is 10.8. The van der Waals surface area contributed by atoms with Crippen molar-refractivity contribution in [2.24, 2.45) is 0 Å². The second kappa shape index (κ2) is 3.49. The monoisotopic (exact) mass is 258 g/mol. The number of ether oxygens (including phenoxy) is 2. The molecule has 0 bridgehead atoms. The standard InChI is InChI=1S/C9H7BrO4/c10-6-4-8-7(13-1-2-14-8)3-5(6)9(11)12/h3-4H,1-2H2,(H,11,12). The summed E-state index contributed by atoms with van der Waals surface area (Å²) in [7, 11) is 0. The van der Waals surface area contributed by atoms with Gasteiger partial charge >= 0.3 is 5.97 Å². The van der Waals surface area contributed by atoms with E-state index in [1.165, 1.54) is 6.07 Å². The van der Waals surface area contributed by atoms with Crippen molar-refractivity contribution in [2.75, 3.05) is 13.2 Å². The van der Waals surface area contributed by atoms with E-state index >= 15 is 0 Å². The molecule has 0 fully saturated rings. The fourth-order valence-corrected chi connectivity index (χ4v) is 1.72. The summed E-state index contributed by atoms with van der Waals surface area (Å²) in [6.45, 7) is 0.944. The van der Waals surface area contributed by atoms with Crippen LogP contribution in [-0.2, 0) is 0 Å². The zero-order valence-electron chi connectivity index (χ0n) is 7.12. The molecule has 0 radical (unpaired) electrons. The summed E-state index contributed by atoms with van der Waals surface area (Å²) in [6, 6.07) is 3.07.